The highest BCUT2D eigenvalue weighted by Gasteiger charge is 2.32. The fourth-order valence-corrected chi connectivity index (χ4v) is 3.53. The normalized spacial score (nSPS) is 24.8. The standard InChI is InChI=1S/C15H28N2O/c1-17(13-8-4-2-5-9-13)14(18)12-15(16)10-6-3-7-11-15/h13H,2-12,16H2,1H3. The Labute approximate surface area is 111 Å². The third kappa shape index (κ3) is 3.47. The average Bonchev–Trinajstić information content (AvgIpc) is 2.39. The third-order valence-corrected chi connectivity index (χ3v) is 4.87. The van der Waals surface area contributed by atoms with E-state index in [0.29, 0.717) is 12.5 Å². The van der Waals surface area contributed by atoms with Gasteiger partial charge in [-0.05, 0) is 25.7 Å². The van der Waals surface area contributed by atoms with Gasteiger partial charge in [-0.3, -0.25) is 4.79 Å². The molecule has 18 heavy (non-hydrogen) atoms. The highest BCUT2D eigenvalue weighted by atomic mass is 16.2. The Kier molecular flexibility index (Phi) is 4.66. The van der Waals surface area contributed by atoms with Gasteiger partial charge in [0.15, 0.2) is 0 Å². The second-order valence-corrected chi connectivity index (χ2v) is 6.40. The Hall–Kier alpha value is -0.570. The minimum Gasteiger partial charge on any atom is -0.343 e. The van der Waals surface area contributed by atoms with E-state index in [4.69, 9.17) is 5.73 Å². The van der Waals surface area contributed by atoms with Crippen molar-refractivity contribution in [2.45, 2.75) is 82.2 Å². The molecule has 2 N–H and O–H groups in total. The lowest BCUT2D eigenvalue weighted by Gasteiger charge is -2.37. The molecule has 104 valence electrons. The Balaban J connectivity index is 1.85. The van der Waals surface area contributed by atoms with Gasteiger partial charge in [-0.15, -0.1) is 0 Å². The lowest BCUT2D eigenvalue weighted by Crippen LogP contribution is -2.48. The van der Waals surface area contributed by atoms with Crippen molar-refractivity contribution in [3.63, 3.8) is 0 Å². The Bertz CT molecular complexity index is 278. The molecule has 3 nitrogen and oxygen atoms in total. The second-order valence-electron chi connectivity index (χ2n) is 6.40. The van der Waals surface area contributed by atoms with Crippen LogP contribution < -0.4 is 5.73 Å². The van der Waals surface area contributed by atoms with Crippen LogP contribution in [-0.4, -0.2) is 29.4 Å². The van der Waals surface area contributed by atoms with Gasteiger partial charge in [-0.2, -0.15) is 0 Å². The highest BCUT2D eigenvalue weighted by molar-refractivity contribution is 5.77. The first-order chi connectivity index (χ1) is 8.61. The van der Waals surface area contributed by atoms with Crippen molar-refractivity contribution in [2.24, 2.45) is 5.73 Å². The maximum absolute atomic E-state index is 12.4. The van der Waals surface area contributed by atoms with Crippen LogP contribution in [0.5, 0.6) is 0 Å². The first kappa shape index (κ1) is 13.9. The molecule has 0 unspecified atom stereocenters. The molecule has 0 radical (unpaired) electrons. The van der Waals surface area contributed by atoms with Crippen molar-refractivity contribution in [3.05, 3.63) is 0 Å². The largest absolute Gasteiger partial charge is 0.343 e. The number of nitrogens with zero attached hydrogens (tertiary/aromatic N) is 1. The molecule has 0 aromatic heterocycles. The molecule has 0 aromatic rings. The molecule has 0 spiro atoms. The molecule has 0 saturated heterocycles. The minimum atomic E-state index is -0.210. The van der Waals surface area contributed by atoms with Gasteiger partial charge in [-0.25, -0.2) is 0 Å². The van der Waals surface area contributed by atoms with Gasteiger partial charge in [0.05, 0.1) is 0 Å². The van der Waals surface area contributed by atoms with E-state index in [2.05, 4.69) is 0 Å². The fourth-order valence-electron chi connectivity index (χ4n) is 3.53. The van der Waals surface area contributed by atoms with Crippen LogP contribution in [0.1, 0.15) is 70.6 Å². The van der Waals surface area contributed by atoms with E-state index >= 15 is 0 Å². The molecule has 2 aliphatic carbocycles. The predicted molar refractivity (Wildman–Crippen MR) is 74.3 cm³/mol. The summed E-state index contributed by atoms with van der Waals surface area (Å²) in [6, 6.07) is 0.471. The zero-order valence-corrected chi connectivity index (χ0v) is 11.8. The van der Waals surface area contributed by atoms with Crippen molar-refractivity contribution in [1.82, 2.24) is 4.90 Å². The average molecular weight is 252 g/mol. The Morgan fingerprint density at radius 1 is 1.11 bits per heavy atom. The van der Waals surface area contributed by atoms with E-state index in [-0.39, 0.29) is 11.4 Å². The number of carbonyl (C=O) groups excluding carboxylic acids is 1. The first-order valence-electron chi connectivity index (χ1n) is 7.65. The molecule has 0 atom stereocenters. The van der Waals surface area contributed by atoms with Gasteiger partial charge >= 0.3 is 0 Å². The second kappa shape index (κ2) is 6.05. The van der Waals surface area contributed by atoms with Crippen molar-refractivity contribution >= 4 is 5.91 Å². The summed E-state index contributed by atoms with van der Waals surface area (Å²) in [6.45, 7) is 0. The number of hydrogen-bond donors (Lipinski definition) is 1. The summed E-state index contributed by atoms with van der Waals surface area (Å²) in [5, 5.41) is 0. The molecule has 0 heterocycles. The number of amides is 1. The zero-order valence-electron chi connectivity index (χ0n) is 11.8. The van der Waals surface area contributed by atoms with E-state index < -0.39 is 0 Å². The van der Waals surface area contributed by atoms with E-state index in [1.807, 2.05) is 11.9 Å². The van der Waals surface area contributed by atoms with Gasteiger partial charge in [0.25, 0.3) is 0 Å². The van der Waals surface area contributed by atoms with Crippen LogP contribution in [0.3, 0.4) is 0 Å². The summed E-state index contributed by atoms with van der Waals surface area (Å²) < 4.78 is 0. The van der Waals surface area contributed by atoms with Crippen LogP contribution in [0, 0.1) is 0 Å². The summed E-state index contributed by atoms with van der Waals surface area (Å²) in [5.41, 5.74) is 6.17. The molecule has 1 amide bonds. The van der Waals surface area contributed by atoms with E-state index in [1.165, 1.54) is 51.4 Å². The topological polar surface area (TPSA) is 46.3 Å². The summed E-state index contributed by atoms with van der Waals surface area (Å²) in [7, 11) is 1.98. The monoisotopic (exact) mass is 252 g/mol. The lowest BCUT2D eigenvalue weighted by atomic mass is 9.79. The van der Waals surface area contributed by atoms with Crippen molar-refractivity contribution in [1.29, 1.82) is 0 Å². The van der Waals surface area contributed by atoms with Crippen LogP contribution in [0.25, 0.3) is 0 Å². The molecule has 0 bridgehead atoms. The van der Waals surface area contributed by atoms with Gasteiger partial charge in [0.2, 0.25) is 5.91 Å². The molecular formula is C15H28N2O. The van der Waals surface area contributed by atoms with Crippen molar-refractivity contribution < 1.29 is 4.79 Å². The number of nitrogens with two attached hydrogens (primary N) is 1. The van der Waals surface area contributed by atoms with Crippen LogP contribution in [0.2, 0.25) is 0 Å². The van der Waals surface area contributed by atoms with Crippen LogP contribution in [-0.2, 0) is 4.79 Å². The van der Waals surface area contributed by atoms with Crippen molar-refractivity contribution in [2.75, 3.05) is 7.05 Å². The van der Waals surface area contributed by atoms with Gasteiger partial charge < -0.3 is 10.6 Å². The van der Waals surface area contributed by atoms with Crippen LogP contribution in [0.4, 0.5) is 0 Å². The number of hydrogen-bond acceptors (Lipinski definition) is 2. The number of carbonyl (C=O) groups is 1. The Morgan fingerprint density at radius 3 is 2.28 bits per heavy atom. The molecule has 2 fully saturated rings. The molecule has 0 aromatic carbocycles. The van der Waals surface area contributed by atoms with Crippen LogP contribution >= 0.6 is 0 Å². The molecule has 2 aliphatic rings. The van der Waals surface area contributed by atoms with Gasteiger partial charge in [0.1, 0.15) is 0 Å². The van der Waals surface area contributed by atoms with Gasteiger partial charge in [-0.1, -0.05) is 38.5 Å². The highest BCUT2D eigenvalue weighted by Crippen LogP contribution is 2.30. The predicted octanol–water partition coefficient (Wildman–Crippen LogP) is 2.83. The molecule has 3 heteroatoms. The molecule has 2 saturated carbocycles. The summed E-state index contributed by atoms with van der Waals surface area (Å²) in [6.07, 6.45) is 12.5. The lowest BCUT2D eigenvalue weighted by molar-refractivity contribution is -0.134. The third-order valence-electron chi connectivity index (χ3n) is 4.87. The fraction of sp³-hybridized carbons (Fsp3) is 0.933. The summed E-state index contributed by atoms with van der Waals surface area (Å²) in [4.78, 5) is 14.4. The maximum atomic E-state index is 12.4. The summed E-state index contributed by atoms with van der Waals surface area (Å²) >= 11 is 0. The molecular weight excluding hydrogens is 224 g/mol. The first-order valence-corrected chi connectivity index (χ1v) is 7.65. The molecule has 0 aliphatic heterocycles. The molecule has 2 rings (SSSR count). The van der Waals surface area contributed by atoms with E-state index in [1.54, 1.807) is 0 Å². The number of rotatable bonds is 3. The van der Waals surface area contributed by atoms with Gasteiger partial charge in [0, 0.05) is 25.0 Å². The van der Waals surface area contributed by atoms with E-state index in [0.717, 1.165) is 12.8 Å². The maximum Gasteiger partial charge on any atom is 0.224 e. The summed E-state index contributed by atoms with van der Waals surface area (Å²) in [5.74, 6) is 0.270. The van der Waals surface area contributed by atoms with E-state index in [9.17, 15) is 4.79 Å². The van der Waals surface area contributed by atoms with Crippen LogP contribution in [0.15, 0.2) is 0 Å². The SMILES string of the molecule is CN(C(=O)CC1(N)CCCCC1)C1CCCCC1. The Morgan fingerprint density at radius 2 is 1.67 bits per heavy atom. The quantitative estimate of drug-likeness (QED) is 0.839. The minimum absolute atomic E-state index is 0.210. The van der Waals surface area contributed by atoms with Crippen molar-refractivity contribution in [3.8, 4) is 0 Å². The zero-order chi connectivity index (χ0) is 13.0. The smallest absolute Gasteiger partial charge is 0.224 e.